The van der Waals surface area contributed by atoms with Gasteiger partial charge in [-0.2, -0.15) is 0 Å². The van der Waals surface area contributed by atoms with Crippen LogP contribution in [-0.4, -0.2) is 0 Å². The van der Waals surface area contributed by atoms with Crippen LogP contribution in [0.2, 0.25) is 0 Å². The molecule has 0 nitrogen and oxygen atoms in total. The van der Waals surface area contributed by atoms with E-state index in [1.165, 1.54) is 16.7 Å². The van der Waals surface area contributed by atoms with E-state index in [1.54, 1.807) is 0 Å². The Balaban J connectivity index is 2.62. The zero-order chi connectivity index (χ0) is 9.26. The third-order valence-electron chi connectivity index (χ3n) is 2.45. The van der Waals surface area contributed by atoms with Crippen LogP contribution in [0.25, 0.3) is 11.1 Å². The number of hydrogen-bond acceptors (Lipinski definition) is 0. The largest absolute Gasteiger partial charge is 0.0622 e. The van der Waals surface area contributed by atoms with Gasteiger partial charge in [-0.3, -0.25) is 0 Å². The van der Waals surface area contributed by atoms with Gasteiger partial charge in [-0.25, -0.2) is 0 Å². The van der Waals surface area contributed by atoms with Crippen LogP contribution < -0.4 is 0 Å². The summed E-state index contributed by atoms with van der Waals surface area (Å²) in [6.45, 7) is 4.48. The molecule has 0 saturated heterocycles. The molecule has 0 atom stereocenters. The van der Waals surface area contributed by atoms with E-state index >= 15 is 0 Å². The van der Waals surface area contributed by atoms with Gasteiger partial charge in [-0.15, -0.1) is 0 Å². The van der Waals surface area contributed by atoms with Crippen molar-refractivity contribution in [2.75, 3.05) is 0 Å². The Morgan fingerprint density at radius 2 is 1.62 bits per heavy atom. The standard InChI is InChI=1S/C13H14/c1-10(2)12-9-8-11-6-4-3-5-7-13(11)12/h3-10H,1-2H3. The van der Waals surface area contributed by atoms with Crippen LogP contribution in [0.3, 0.4) is 0 Å². The maximum absolute atomic E-state index is 2.24. The molecule has 0 aromatic carbocycles. The molecule has 0 radical (unpaired) electrons. The minimum Gasteiger partial charge on any atom is -0.0622 e. The Morgan fingerprint density at radius 1 is 0.846 bits per heavy atom. The summed E-state index contributed by atoms with van der Waals surface area (Å²) in [5.74, 6) is 0.611. The molecule has 0 fully saturated rings. The van der Waals surface area contributed by atoms with Crippen molar-refractivity contribution in [2.24, 2.45) is 0 Å². The summed E-state index contributed by atoms with van der Waals surface area (Å²) in [6.07, 6.45) is 0. The van der Waals surface area contributed by atoms with Gasteiger partial charge in [0, 0.05) is 0 Å². The third-order valence-corrected chi connectivity index (χ3v) is 2.45. The minimum atomic E-state index is 0.611. The normalized spacial score (nSPS) is 11.0. The first kappa shape index (κ1) is 8.31. The third kappa shape index (κ3) is 1.44. The molecule has 66 valence electrons. The molecule has 0 aromatic heterocycles. The van der Waals surface area contributed by atoms with E-state index in [1.807, 2.05) is 0 Å². The Morgan fingerprint density at radius 3 is 2.38 bits per heavy atom. The lowest BCUT2D eigenvalue weighted by molar-refractivity contribution is 0.873. The summed E-state index contributed by atoms with van der Waals surface area (Å²) in [5.41, 5.74) is 4.18. The lowest BCUT2D eigenvalue weighted by Crippen LogP contribution is -1.84. The molecular formula is C13H14. The Hall–Kier alpha value is -1.30. The Kier molecular flexibility index (Phi) is 2.05. The monoisotopic (exact) mass is 170 g/mol. The molecule has 0 unspecified atom stereocenters. The molecule has 0 amide bonds. The predicted octanol–water partition coefficient (Wildman–Crippen LogP) is 3.91. The second-order valence-electron chi connectivity index (χ2n) is 3.72. The highest BCUT2D eigenvalue weighted by atomic mass is 14.1. The van der Waals surface area contributed by atoms with Crippen LogP contribution in [0.5, 0.6) is 0 Å². The molecule has 0 spiro atoms. The fourth-order valence-corrected chi connectivity index (χ4v) is 1.74. The molecule has 0 heteroatoms. The second-order valence-corrected chi connectivity index (χ2v) is 3.72. The molecule has 2 aliphatic rings. The molecule has 0 N–H and O–H groups in total. The van der Waals surface area contributed by atoms with Gasteiger partial charge in [0.2, 0.25) is 0 Å². The van der Waals surface area contributed by atoms with Gasteiger partial charge in [0.1, 0.15) is 0 Å². The molecule has 0 bridgehead atoms. The van der Waals surface area contributed by atoms with Gasteiger partial charge in [0.25, 0.3) is 0 Å². The summed E-state index contributed by atoms with van der Waals surface area (Å²) < 4.78 is 0. The SMILES string of the molecule is CC(C)c1ccc2cccccc1-2. The molecule has 0 saturated carbocycles. The van der Waals surface area contributed by atoms with E-state index in [0.717, 1.165) is 0 Å². The fraction of sp³-hybridized carbons (Fsp3) is 0.231. The average molecular weight is 170 g/mol. The average Bonchev–Trinajstić information content (AvgIpc) is 2.36. The molecule has 0 heterocycles. The number of fused-ring (bicyclic) bond motifs is 1. The van der Waals surface area contributed by atoms with Crippen molar-refractivity contribution in [3.8, 4) is 11.1 Å². The Labute approximate surface area is 79.6 Å². The summed E-state index contributed by atoms with van der Waals surface area (Å²) in [6, 6.07) is 15.1. The highest BCUT2D eigenvalue weighted by molar-refractivity contribution is 5.70. The van der Waals surface area contributed by atoms with Crippen molar-refractivity contribution >= 4 is 0 Å². The summed E-state index contributed by atoms with van der Waals surface area (Å²) in [4.78, 5) is 0. The quantitative estimate of drug-likeness (QED) is 0.608. The van der Waals surface area contributed by atoms with Gasteiger partial charge >= 0.3 is 0 Å². The lowest BCUT2D eigenvalue weighted by atomic mass is 10.0. The molecule has 2 aliphatic carbocycles. The van der Waals surface area contributed by atoms with Crippen LogP contribution in [0.4, 0.5) is 0 Å². The number of hydrogen-bond donors (Lipinski definition) is 0. The van der Waals surface area contributed by atoms with Crippen LogP contribution in [-0.2, 0) is 0 Å². The van der Waals surface area contributed by atoms with E-state index in [2.05, 4.69) is 56.3 Å². The number of rotatable bonds is 1. The van der Waals surface area contributed by atoms with Crippen molar-refractivity contribution in [1.29, 1.82) is 0 Å². The van der Waals surface area contributed by atoms with Crippen molar-refractivity contribution < 1.29 is 0 Å². The minimum absolute atomic E-state index is 0.611. The van der Waals surface area contributed by atoms with Crippen LogP contribution in [0.15, 0.2) is 42.5 Å². The van der Waals surface area contributed by atoms with E-state index in [9.17, 15) is 0 Å². The van der Waals surface area contributed by atoms with Gasteiger partial charge in [0.05, 0.1) is 0 Å². The highest BCUT2D eigenvalue weighted by Crippen LogP contribution is 2.31. The first-order valence-corrected chi connectivity index (χ1v) is 4.76. The highest BCUT2D eigenvalue weighted by Gasteiger charge is 2.09. The maximum atomic E-state index is 2.24. The summed E-state index contributed by atoms with van der Waals surface area (Å²) in [5, 5.41) is 0. The van der Waals surface area contributed by atoms with E-state index in [4.69, 9.17) is 0 Å². The zero-order valence-electron chi connectivity index (χ0n) is 8.12. The van der Waals surface area contributed by atoms with Crippen molar-refractivity contribution in [1.82, 2.24) is 0 Å². The summed E-state index contributed by atoms with van der Waals surface area (Å²) in [7, 11) is 0. The van der Waals surface area contributed by atoms with Crippen LogP contribution in [0, 0.1) is 0 Å². The fourth-order valence-electron chi connectivity index (χ4n) is 1.74. The van der Waals surface area contributed by atoms with E-state index in [-0.39, 0.29) is 0 Å². The zero-order valence-corrected chi connectivity index (χ0v) is 8.12. The first-order chi connectivity index (χ1) is 6.29. The van der Waals surface area contributed by atoms with Gasteiger partial charge in [-0.1, -0.05) is 56.3 Å². The summed E-state index contributed by atoms with van der Waals surface area (Å²) >= 11 is 0. The van der Waals surface area contributed by atoms with E-state index < -0.39 is 0 Å². The first-order valence-electron chi connectivity index (χ1n) is 4.76. The molecule has 0 aromatic rings. The topological polar surface area (TPSA) is 0 Å². The smallest absolute Gasteiger partial charge is 0.0149 e. The molecule has 2 rings (SSSR count). The molecule has 13 heavy (non-hydrogen) atoms. The van der Waals surface area contributed by atoms with Gasteiger partial charge in [-0.05, 0) is 22.6 Å². The van der Waals surface area contributed by atoms with Crippen molar-refractivity contribution in [2.45, 2.75) is 19.8 Å². The van der Waals surface area contributed by atoms with Crippen molar-refractivity contribution in [3.63, 3.8) is 0 Å². The van der Waals surface area contributed by atoms with Gasteiger partial charge < -0.3 is 0 Å². The van der Waals surface area contributed by atoms with Crippen LogP contribution in [0.1, 0.15) is 25.3 Å². The molecular weight excluding hydrogens is 156 g/mol. The van der Waals surface area contributed by atoms with Crippen LogP contribution >= 0.6 is 0 Å². The Bertz CT molecular complexity index is 374. The predicted molar refractivity (Wildman–Crippen MR) is 57.2 cm³/mol. The lowest BCUT2D eigenvalue weighted by Gasteiger charge is -2.04. The second kappa shape index (κ2) is 3.21. The van der Waals surface area contributed by atoms with Crippen molar-refractivity contribution in [3.05, 3.63) is 48.0 Å². The maximum Gasteiger partial charge on any atom is -0.0149 e. The van der Waals surface area contributed by atoms with Gasteiger partial charge in [0.15, 0.2) is 0 Å². The van der Waals surface area contributed by atoms with E-state index in [0.29, 0.717) is 5.92 Å². The molecule has 0 aliphatic heterocycles.